The standard InChI is InChI=1S/C15H25N3O/c1-3-19-15-10-14(17-11-18-15)16-9-8-13-6-4-12(2)5-7-13/h10-13H,3-9H2,1-2H3,(H,16,17,18). The fraction of sp³-hybridized carbons (Fsp3) is 0.733. The molecule has 19 heavy (non-hydrogen) atoms. The summed E-state index contributed by atoms with van der Waals surface area (Å²) in [6.45, 7) is 5.95. The van der Waals surface area contributed by atoms with E-state index in [1.165, 1.54) is 32.1 Å². The van der Waals surface area contributed by atoms with Gasteiger partial charge in [-0.05, 0) is 25.2 Å². The number of nitrogens with zero attached hydrogens (tertiary/aromatic N) is 2. The summed E-state index contributed by atoms with van der Waals surface area (Å²) in [5.74, 6) is 3.32. The monoisotopic (exact) mass is 263 g/mol. The van der Waals surface area contributed by atoms with Gasteiger partial charge in [0.2, 0.25) is 5.88 Å². The lowest BCUT2D eigenvalue weighted by atomic mass is 9.81. The van der Waals surface area contributed by atoms with Crippen molar-refractivity contribution in [2.24, 2.45) is 11.8 Å². The van der Waals surface area contributed by atoms with Gasteiger partial charge in [0.25, 0.3) is 0 Å². The Hall–Kier alpha value is -1.32. The van der Waals surface area contributed by atoms with Crippen molar-refractivity contribution in [3.8, 4) is 5.88 Å². The molecule has 1 N–H and O–H groups in total. The number of aromatic nitrogens is 2. The van der Waals surface area contributed by atoms with Crippen molar-refractivity contribution >= 4 is 5.82 Å². The van der Waals surface area contributed by atoms with Crippen molar-refractivity contribution in [1.82, 2.24) is 9.97 Å². The van der Waals surface area contributed by atoms with Gasteiger partial charge in [-0.3, -0.25) is 0 Å². The van der Waals surface area contributed by atoms with Gasteiger partial charge < -0.3 is 10.1 Å². The highest BCUT2D eigenvalue weighted by Crippen LogP contribution is 2.30. The van der Waals surface area contributed by atoms with E-state index in [1.807, 2.05) is 13.0 Å². The minimum Gasteiger partial charge on any atom is -0.478 e. The number of ether oxygens (including phenoxy) is 1. The molecule has 106 valence electrons. The van der Waals surface area contributed by atoms with Crippen LogP contribution in [0.1, 0.15) is 46.0 Å². The summed E-state index contributed by atoms with van der Waals surface area (Å²) < 4.78 is 5.36. The Morgan fingerprint density at radius 3 is 2.79 bits per heavy atom. The van der Waals surface area contributed by atoms with Crippen LogP contribution in [0.3, 0.4) is 0 Å². The van der Waals surface area contributed by atoms with Crippen LogP contribution in [-0.2, 0) is 0 Å². The highest BCUT2D eigenvalue weighted by molar-refractivity contribution is 5.36. The van der Waals surface area contributed by atoms with Crippen LogP contribution in [-0.4, -0.2) is 23.1 Å². The molecule has 1 heterocycles. The lowest BCUT2D eigenvalue weighted by molar-refractivity contribution is 0.282. The molecule has 1 fully saturated rings. The van der Waals surface area contributed by atoms with E-state index in [-0.39, 0.29) is 0 Å². The maximum atomic E-state index is 5.36. The highest BCUT2D eigenvalue weighted by Gasteiger charge is 2.17. The molecule has 0 aliphatic heterocycles. The molecule has 0 spiro atoms. The minimum absolute atomic E-state index is 0.636. The molecular formula is C15H25N3O. The Morgan fingerprint density at radius 1 is 1.26 bits per heavy atom. The van der Waals surface area contributed by atoms with Crippen molar-refractivity contribution in [2.75, 3.05) is 18.5 Å². The quantitative estimate of drug-likeness (QED) is 0.853. The first-order valence-corrected chi connectivity index (χ1v) is 7.46. The third-order valence-electron chi connectivity index (χ3n) is 3.93. The molecule has 0 amide bonds. The van der Waals surface area contributed by atoms with Gasteiger partial charge in [-0.2, -0.15) is 0 Å². The summed E-state index contributed by atoms with van der Waals surface area (Å²) in [7, 11) is 0. The first kappa shape index (κ1) is 14.1. The van der Waals surface area contributed by atoms with Gasteiger partial charge in [0.05, 0.1) is 6.61 Å². The van der Waals surface area contributed by atoms with Crippen LogP contribution in [0.4, 0.5) is 5.82 Å². The lowest BCUT2D eigenvalue weighted by Gasteiger charge is -2.26. The summed E-state index contributed by atoms with van der Waals surface area (Å²) in [5, 5.41) is 3.37. The second-order valence-electron chi connectivity index (χ2n) is 5.52. The van der Waals surface area contributed by atoms with Crippen LogP contribution in [0.25, 0.3) is 0 Å². The van der Waals surface area contributed by atoms with Crippen LogP contribution in [0.5, 0.6) is 5.88 Å². The molecule has 4 nitrogen and oxygen atoms in total. The molecule has 0 aromatic carbocycles. The lowest BCUT2D eigenvalue weighted by Crippen LogP contribution is -2.16. The summed E-state index contributed by atoms with van der Waals surface area (Å²) in [6, 6.07) is 1.87. The summed E-state index contributed by atoms with van der Waals surface area (Å²) >= 11 is 0. The zero-order valence-corrected chi connectivity index (χ0v) is 12.1. The Labute approximate surface area is 116 Å². The number of anilines is 1. The SMILES string of the molecule is CCOc1cc(NCCC2CCC(C)CC2)ncn1. The Kier molecular flexibility index (Phi) is 5.43. The van der Waals surface area contributed by atoms with Gasteiger partial charge in [-0.25, -0.2) is 9.97 Å². The highest BCUT2D eigenvalue weighted by atomic mass is 16.5. The average molecular weight is 263 g/mol. The molecule has 0 saturated heterocycles. The maximum absolute atomic E-state index is 5.36. The molecule has 1 aromatic rings. The summed E-state index contributed by atoms with van der Waals surface area (Å²) in [4.78, 5) is 8.28. The molecule has 1 aliphatic rings. The van der Waals surface area contributed by atoms with Crippen molar-refractivity contribution in [1.29, 1.82) is 0 Å². The van der Waals surface area contributed by atoms with E-state index in [2.05, 4.69) is 22.2 Å². The first-order chi connectivity index (χ1) is 9.28. The third-order valence-corrected chi connectivity index (χ3v) is 3.93. The van der Waals surface area contributed by atoms with Crippen molar-refractivity contribution in [3.63, 3.8) is 0 Å². The molecule has 2 rings (SSSR count). The Morgan fingerprint density at radius 2 is 2.05 bits per heavy atom. The van der Waals surface area contributed by atoms with Gasteiger partial charge >= 0.3 is 0 Å². The van der Waals surface area contributed by atoms with Crippen LogP contribution in [0, 0.1) is 11.8 Å². The van der Waals surface area contributed by atoms with Gasteiger partial charge in [-0.15, -0.1) is 0 Å². The van der Waals surface area contributed by atoms with Crippen LogP contribution >= 0.6 is 0 Å². The van der Waals surface area contributed by atoms with Gasteiger partial charge in [0.15, 0.2) is 0 Å². The topological polar surface area (TPSA) is 47.0 Å². The molecule has 1 aliphatic carbocycles. The van der Waals surface area contributed by atoms with E-state index in [1.54, 1.807) is 6.33 Å². The van der Waals surface area contributed by atoms with Crippen LogP contribution in [0.15, 0.2) is 12.4 Å². The van der Waals surface area contributed by atoms with E-state index < -0.39 is 0 Å². The smallest absolute Gasteiger partial charge is 0.218 e. The zero-order chi connectivity index (χ0) is 13.5. The van der Waals surface area contributed by atoms with Gasteiger partial charge in [-0.1, -0.05) is 32.6 Å². The molecule has 4 heteroatoms. The van der Waals surface area contributed by atoms with Crippen molar-refractivity contribution < 1.29 is 4.74 Å². The second-order valence-corrected chi connectivity index (χ2v) is 5.52. The molecule has 0 radical (unpaired) electrons. The molecule has 1 saturated carbocycles. The molecule has 0 atom stereocenters. The van der Waals surface area contributed by atoms with E-state index in [0.29, 0.717) is 12.5 Å². The first-order valence-electron chi connectivity index (χ1n) is 7.46. The van der Waals surface area contributed by atoms with Crippen LogP contribution in [0.2, 0.25) is 0 Å². The summed E-state index contributed by atoms with van der Waals surface area (Å²) in [5.41, 5.74) is 0. The van der Waals surface area contributed by atoms with E-state index in [4.69, 9.17) is 4.74 Å². The normalized spacial score (nSPS) is 23.1. The Bertz CT molecular complexity index is 375. The predicted molar refractivity (Wildman–Crippen MR) is 77.4 cm³/mol. The number of hydrogen-bond donors (Lipinski definition) is 1. The molecule has 1 aromatic heterocycles. The number of rotatable bonds is 6. The Balaban J connectivity index is 1.71. The zero-order valence-electron chi connectivity index (χ0n) is 12.1. The predicted octanol–water partition coefficient (Wildman–Crippen LogP) is 3.50. The number of nitrogens with one attached hydrogen (secondary N) is 1. The molecular weight excluding hydrogens is 238 g/mol. The number of hydrogen-bond acceptors (Lipinski definition) is 4. The van der Waals surface area contributed by atoms with E-state index >= 15 is 0 Å². The largest absolute Gasteiger partial charge is 0.478 e. The van der Waals surface area contributed by atoms with Crippen molar-refractivity contribution in [3.05, 3.63) is 12.4 Å². The van der Waals surface area contributed by atoms with Crippen LogP contribution < -0.4 is 10.1 Å². The fourth-order valence-corrected chi connectivity index (χ4v) is 2.69. The van der Waals surface area contributed by atoms with E-state index in [0.717, 1.165) is 24.2 Å². The minimum atomic E-state index is 0.636. The van der Waals surface area contributed by atoms with Crippen molar-refractivity contribution in [2.45, 2.75) is 46.0 Å². The average Bonchev–Trinajstić information content (AvgIpc) is 2.42. The third kappa shape index (κ3) is 4.69. The van der Waals surface area contributed by atoms with Gasteiger partial charge in [0.1, 0.15) is 12.1 Å². The fourth-order valence-electron chi connectivity index (χ4n) is 2.69. The summed E-state index contributed by atoms with van der Waals surface area (Å²) in [6.07, 6.45) is 8.35. The van der Waals surface area contributed by atoms with Gasteiger partial charge in [0, 0.05) is 12.6 Å². The second kappa shape index (κ2) is 7.31. The maximum Gasteiger partial charge on any atom is 0.218 e. The van der Waals surface area contributed by atoms with E-state index in [9.17, 15) is 0 Å². The molecule has 0 bridgehead atoms. The molecule has 0 unspecified atom stereocenters.